The van der Waals surface area contributed by atoms with Gasteiger partial charge in [-0.15, -0.1) is 0 Å². The molecule has 1 heteroatoms. The van der Waals surface area contributed by atoms with Gasteiger partial charge in [-0.05, 0) is 17.0 Å². The topological polar surface area (TPSA) is 0 Å². The Morgan fingerprint density at radius 1 is 1.27 bits per heavy atom. The van der Waals surface area contributed by atoms with Gasteiger partial charge in [0.1, 0.15) is 0 Å². The van der Waals surface area contributed by atoms with Crippen LogP contribution in [0.25, 0.3) is 0 Å². The molecule has 0 nitrogen and oxygen atoms in total. The molecule has 0 heterocycles. The smallest absolute Gasteiger partial charge is 0.0157 e. The molecule has 0 atom stereocenters. The van der Waals surface area contributed by atoms with Crippen LogP contribution in [0.15, 0.2) is 24.3 Å². The Bertz CT molecular complexity index is 228. The van der Waals surface area contributed by atoms with Crippen LogP contribution >= 0.6 is 12.6 Å². The average molecular weight is 166 g/mol. The van der Waals surface area contributed by atoms with E-state index in [0.29, 0.717) is 5.92 Å². The summed E-state index contributed by atoms with van der Waals surface area (Å²) in [4.78, 5) is 0. The highest BCUT2D eigenvalue weighted by molar-refractivity contribution is 7.79. The van der Waals surface area contributed by atoms with Gasteiger partial charge in [0.2, 0.25) is 0 Å². The highest BCUT2D eigenvalue weighted by Crippen LogP contribution is 2.19. The quantitative estimate of drug-likeness (QED) is 0.641. The highest BCUT2D eigenvalue weighted by atomic mass is 32.1. The van der Waals surface area contributed by atoms with Crippen LogP contribution in [0, 0.1) is 0 Å². The summed E-state index contributed by atoms with van der Waals surface area (Å²) < 4.78 is 0. The largest absolute Gasteiger partial charge is 0.175 e. The molecule has 0 aliphatic heterocycles. The fourth-order valence-corrected chi connectivity index (χ4v) is 1.53. The molecule has 11 heavy (non-hydrogen) atoms. The lowest BCUT2D eigenvalue weighted by Gasteiger charge is -2.09. The third-order valence-corrected chi connectivity index (χ3v) is 2.19. The molecule has 0 fully saturated rings. The second kappa shape index (κ2) is 3.82. The minimum absolute atomic E-state index is 0.610. The lowest BCUT2D eigenvalue weighted by atomic mass is 9.98. The van der Waals surface area contributed by atoms with E-state index in [2.05, 4.69) is 50.7 Å². The molecule has 0 bridgehead atoms. The molecule has 1 aromatic carbocycles. The van der Waals surface area contributed by atoms with Crippen LogP contribution in [0.2, 0.25) is 0 Å². The third-order valence-electron chi connectivity index (χ3n) is 1.85. The number of hydrogen-bond donors (Lipinski definition) is 1. The van der Waals surface area contributed by atoms with Crippen LogP contribution in [-0.2, 0) is 5.75 Å². The summed E-state index contributed by atoms with van der Waals surface area (Å²) in [6, 6.07) is 8.47. The van der Waals surface area contributed by atoms with Gasteiger partial charge < -0.3 is 0 Å². The fourth-order valence-electron chi connectivity index (χ4n) is 1.24. The summed E-state index contributed by atoms with van der Waals surface area (Å²) in [5, 5.41) is 0. The van der Waals surface area contributed by atoms with E-state index in [4.69, 9.17) is 0 Å². The molecule has 0 spiro atoms. The average Bonchev–Trinajstić information content (AvgIpc) is 2.04. The zero-order valence-electron chi connectivity index (χ0n) is 7.04. The molecule has 0 saturated heterocycles. The van der Waals surface area contributed by atoms with Gasteiger partial charge in [-0.25, -0.2) is 0 Å². The van der Waals surface area contributed by atoms with E-state index in [9.17, 15) is 0 Å². The number of rotatable bonds is 2. The van der Waals surface area contributed by atoms with Gasteiger partial charge in [0.25, 0.3) is 0 Å². The second-order valence-corrected chi connectivity index (χ2v) is 3.33. The SMILES string of the molecule is CC(C)c1ccccc1CS. The minimum atomic E-state index is 0.610. The van der Waals surface area contributed by atoms with E-state index in [1.54, 1.807) is 0 Å². The van der Waals surface area contributed by atoms with Crippen molar-refractivity contribution in [1.29, 1.82) is 0 Å². The van der Waals surface area contributed by atoms with Crippen LogP contribution < -0.4 is 0 Å². The highest BCUT2D eigenvalue weighted by Gasteiger charge is 2.02. The van der Waals surface area contributed by atoms with Crippen LogP contribution in [0.5, 0.6) is 0 Å². The van der Waals surface area contributed by atoms with E-state index < -0.39 is 0 Å². The van der Waals surface area contributed by atoms with Crippen molar-refractivity contribution in [2.75, 3.05) is 0 Å². The normalized spacial score (nSPS) is 10.5. The standard InChI is InChI=1S/C10H14S/c1-8(2)10-6-4-3-5-9(10)7-11/h3-6,8,11H,7H2,1-2H3. The Morgan fingerprint density at radius 2 is 1.91 bits per heavy atom. The second-order valence-electron chi connectivity index (χ2n) is 3.01. The summed E-state index contributed by atoms with van der Waals surface area (Å²) in [7, 11) is 0. The van der Waals surface area contributed by atoms with Crippen LogP contribution in [-0.4, -0.2) is 0 Å². The van der Waals surface area contributed by atoms with Gasteiger partial charge in [0, 0.05) is 5.75 Å². The van der Waals surface area contributed by atoms with Crippen molar-refractivity contribution >= 4 is 12.6 Å². The molecule has 1 rings (SSSR count). The molecule has 0 N–H and O–H groups in total. The van der Waals surface area contributed by atoms with Crippen LogP contribution in [0.3, 0.4) is 0 Å². The Morgan fingerprint density at radius 3 is 2.36 bits per heavy atom. The van der Waals surface area contributed by atoms with Crippen molar-refractivity contribution in [2.24, 2.45) is 0 Å². The molecule has 0 unspecified atom stereocenters. The first-order chi connectivity index (χ1) is 5.25. The van der Waals surface area contributed by atoms with E-state index in [-0.39, 0.29) is 0 Å². The molecule has 0 aliphatic carbocycles. The zero-order chi connectivity index (χ0) is 8.27. The van der Waals surface area contributed by atoms with Gasteiger partial charge >= 0.3 is 0 Å². The molecular formula is C10H14S. The fraction of sp³-hybridized carbons (Fsp3) is 0.400. The summed E-state index contributed by atoms with van der Waals surface area (Å²) >= 11 is 4.27. The van der Waals surface area contributed by atoms with E-state index in [1.165, 1.54) is 11.1 Å². The Kier molecular flexibility index (Phi) is 3.01. The van der Waals surface area contributed by atoms with Crippen molar-refractivity contribution in [1.82, 2.24) is 0 Å². The third kappa shape index (κ3) is 2.00. The molecule has 1 aromatic rings. The molecule has 0 aromatic heterocycles. The molecule has 0 amide bonds. The minimum Gasteiger partial charge on any atom is -0.175 e. The molecule has 0 saturated carbocycles. The number of thiol groups is 1. The van der Waals surface area contributed by atoms with Crippen molar-refractivity contribution in [3.8, 4) is 0 Å². The first kappa shape index (κ1) is 8.66. The maximum Gasteiger partial charge on any atom is 0.0157 e. The Hall–Kier alpha value is -0.430. The van der Waals surface area contributed by atoms with Crippen molar-refractivity contribution in [2.45, 2.75) is 25.5 Å². The lowest BCUT2D eigenvalue weighted by Crippen LogP contribution is -1.92. The molecule has 0 radical (unpaired) electrons. The van der Waals surface area contributed by atoms with Crippen molar-refractivity contribution in [3.05, 3.63) is 35.4 Å². The van der Waals surface area contributed by atoms with Gasteiger partial charge in [0.05, 0.1) is 0 Å². The Labute approximate surface area is 74.0 Å². The van der Waals surface area contributed by atoms with Crippen LogP contribution in [0.4, 0.5) is 0 Å². The van der Waals surface area contributed by atoms with Gasteiger partial charge in [0.15, 0.2) is 0 Å². The first-order valence-electron chi connectivity index (χ1n) is 3.94. The predicted molar refractivity (Wildman–Crippen MR) is 53.2 cm³/mol. The monoisotopic (exact) mass is 166 g/mol. The van der Waals surface area contributed by atoms with Crippen LogP contribution in [0.1, 0.15) is 30.9 Å². The maximum absolute atomic E-state index is 4.27. The van der Waals surface area contributed by atoms with E-state index in [0.717, 1.165) is 5.75 Å². The molecular weight excluding hydrogens is 152 g/mol. The molecule has 0 aliphatic rings. The number of benzene rings is 1. The predicted octanol–water partition coefficient (Wildman–Crippen LogP) is 3.24. The number of hydrogen-bond acceptors (Lipinski definition) is 1. The van der Waals surface area contributed by atoms with Crippen molar-refractivity contribution < 1.29 is 0 Å². The van der Waals surface area contributed by atoms with Gasteiger partial charge in [-0.2, -0.15) is 12.6 Å². The van der Waals surface area contributed by atoms with E-state index >= 15 is 0 Å². The summed E-state index contributed by atoms with van der Waals surface area (Å²) in [5.41, 5.74) is 2.77. The van der Waals surface area contributed by atoms with Gasteiger partial charge in [-0.3, -0.25) is 0 Å². The Balaban J connectivity index is 3.02. The first-order valence-corrected chi connectivity index (χ1v) is 4.57. The van der Waals surface area contributed by atoms with Gasteiger partial charge in [-0.1, -0.05) is 38.1 Å². The maximum atomic E-state index is 4.27. The lowest BCUT2D eigenvalue weighted by molar-refractivity contribution is 0.855. The molecule has 60 valence electrons. The summed E-state index contributed by atoms with van der Waals surface area (Å²) in [5.74, 6) is 1.45. The zero-order valence-corrected chi connectivity index (χ0v) is 7.94. The van der Waals surface area contributed by atoms with E-state index in [1.807, 2.05) is 0 Å². The summed E-state index contributed by atoms with van der Waals surface area (Å²) in [6.45, 7) is 4.42. The van der Waals surface area contributed by atoms with Crippen molar-refractivity contribution in [3.63, 3.8) is 0 Å². The summed E-state index contributed by atoms with van der Waals surface area (Å²) in [6.07, 6.45) is 0.